The van der Waals surface area contributed by atoms with Crippen molar-refractivity contribution < 1.29 is 9.53 Å². The Bertz CT molecular complexity index is 595. The summed E-state index contributed by atoms with van der Waals surface area (Å²) in [5, 5.41) is 4.84. The largest absolute Gasteiger partial charge is 0.486 e. The standard InChI is InChI=1S/C15H17ClN2O2/c1-3-11(2)18-8-7-12(17-18)10-20-15-6-4-5-14(16)13(15)9-19/h4-9,11H,3,10H2,1-2H3. The van der Waals surface area contributed by atoms with E-state index in [1.165, 1.54) is 0 Å². The Kier molecular flexibility index (Phi) is 4.79. The van der Waals surface area contributed by atoms with Gasteiger partial charge in [0.05, 0.1) is 16.3 Å². The van der Waals surface area contributed by atoms with Crippen LogP contribution in [0.15, 0.2) is 30.5 Å². The van der Waals surface area contributed by atoms with Gasteiger partial charge >= 0.3 is 0 Å². The molecule has 1 aromatic heterocycles. The Labute approximate surface area is 123 Å². The molecule has 0 amide bonds. The summed E-state index contributed by atoms with van der Waals surface area (Å²) in [4.78, 5) is 11.0. The molecule has 106 valence electrons. The molecule has 2 rings (SSSR count). The summed E-state index contributed by atoms with van der Waals surface area (Å²) in [6.45, 7) is 4.54. The number of halogens is 1. The van der Waals surface area contributed by atoms with Crippen molar-refractivity contribution in [3.8, 4) is 5.75 Å². The highest BCUT2D eigenvalue weighted by Crippen LogP contribution is 2.25. The van der Waals surface area contributed by atoms with E-state index >= 15 is 0 Å². The third-order valence-corrected chi connectivity index (χ3v) is 3.54. The van der Waals surface area contributed by atoms with E-state index < -0.39 is 0 Å². The average Bonchev–Trinajstić information content (AvgIpc) is 2.93. The molecule has 0 aliphatic rings. The van der Waals surface area contributed by atoms with Gasteiger partial charge in [0.2, 0.25) is 0 Å². The van der Waals surface area contributed by atoms with Crippen molar-refractivity contribution in [3.05, 3.63) is 46.7 Å². The molecule has 0 bridgehead atoms. The highest BCUT2D eigenvalue weighted by Gasteiger charge is 2.09. The van der Waals surface area contributed by atoms with Crippen molar-refractivity contribution in [2.45, 2.75) is 32.9 Å². The lowest BCUT2D eigenvalue weighted by atomic mass is 10.2. The second kappa shape index (κ2) is 6.57. The van der Waals surface area contributed by atoms with Crippen LogP contribution >= 0.6 is 11.6 Å². The van der Waals surface area contributed by atoms with E-state index in [9.17, 15) is 4.79 Å². The lowest BCUT2D eigenvalue weighted by molar-refractivity contribution is 0.111. The number of ether oxygens (including phenoxy) is 1. The number of hydrogen-bond acceptors (Lipinski definition) is 3. The van der Waals surface area contributed by atoms with E-state index in [2.05, 4.69) is 18.9 Å². The van der Waals surface area contributed by atoms with E-state index in [4.69, 9.17) is 16.3 Å². The second-order valence-corrected chi connectivity index (χ2v) is 5.01. The van der Waals surface area contributed by atoms with Crippen LogP contribution in [0.1, 0.15) is 42.4 Å². The predicted molar refractivity (Wildman–Crippen MR) is 78.4 cm³/mol. The van der Waals surface area contributed by atoms with Crippen molar-refractivity contribution >= 4 is 17.9 Å². The molecule has 0 radical (unpaired) electrons. The quantitative estimate of drug-likeness (QED) is 0.759. The topological polar surface area (TPSA) is 44.1 Å². The molecule has 4 nitrogen and oxygen atoms in total. The molecule has 0 saturated carbocycles. The van der Waals surface area contributed by atoms with Crippen LogP contribution in [0.4, 0.5) is 0 Å². The number of rotatable bonds is 6. The Morgan fingerprint density at radius 1 is 1.45 bits per heavy atom. The van der Waals surface area contributed by atoms with Crippen LogP contribution in [0.2, 0.25) is 5.02 Å². The van der Waals surface area contributed by atoms with Crippen LogP contribution in [0, 0.1) is 0 Å². The van der Waals surface area contributed by atoms with Gasteiger partial charge in [-0.3, -0.25) is 9.48 Å². The third kappa shape index (κ3) is 3.20. The van der Waals surface area contributed by atoms with Gasteiger partial charge in [-0.15, -0.1) is 0 Å². The number of aromatic nitrogens is 2. The number of benzene rings is 1. The van der Waals surface area contributed by atoms with Crippen molar-refractivity contribution in [3.63, 3.8) is 0 Å². The SMILES string of the molecule is CCC(C)n1ccc(COc2cccc(Cl)c2C=O)n1. The van der Waals surface area contributed by atoms with E-state index in [-0.39, 0.29) is 0 Å². The van der Waals surface area contributed by atoms with E-state index in [0.717, 1.165) is 12.1 Å². The molecule has 1 heterocycles. The van der Waals surface area contributed by atoms with Gasteiger partial charge in [0, 0.05) is 12.2 Å². The van der Waals surface area contributed by atoms with E-state index in [1.807, 2.05) is 16.9 Å². The number of carbonyl (C=O) groups excluding carboxylic acids is 1. The molecule has 1 unspecified atom stereocenters. The van der Waals surface area contributed by atoms with E-state index in [0.29, 0.717) is 35.3 Å². The molecule has 0 aliphatic heterocycles. The van der Waals surface area contributed by atoms with Gasteiger partial charge in [0.1, 0.15) is 12.4 Å². The first-order valence-corrected chi connectivity index (χ1v) is 6.94. The maximum absolute atomic E-state index is 11.0. The lowest BCUT2D eigenvalue weighted by Gasteiger charge is -2.09. The molecule has 0 saturated heterocycles. The molecule has 1 atom stereocenters. The highest BCUT2D eigenvalue weighted by molar-refractivity contribution is 6.33. The first-order chi connectivity index (χ1) is 9.65. The van der Waals surface area contributed by atoms with Gasteiger partial charge in [0.15, 0.2) is 6.29 Å². The average molecular weight is 293 g/mol. The minimum Gasteiger partial charge on any atom is -0.486 e. The van der Waals surface area contributed by atoms with Gasteiger partial charge in [-0.05, 0) is 31.5 Å². The lowest BCUT2D eigenvalue weighted by Crippen LogP contribution is -2.06. The number of nitrogens with zero attached hydrogens (tertiary/aromatic N) is 2. The van der Waals surface area contributed by atoms with Gasteiger partial charge in [-0.25, -0.2) is 0 Å². The van der Waals surface area contributed by atoms with Crippen molar-refractivity contribution in [2.24, 2.45) is 0 Å². The molecule has 0 aliphatic carbocycles. The summed E-state index contributed by atoms with van der Waals surface area (Å²) in [6.07, 6.45) is 3.66. The Balaban J connectivity index is 2.07. The monoisotopic (exact) mass is 292 g/mol. The minimum atomic E-state index is 0.310. The fraction of sp³-hybridized carbons (Fsp3) is 0.333. The van der Waals surface area contributed by atoms with Gasteiger partial charge in [-0.2, -0.15) is 5.10 Å². The van der Waals surface area contributed by atoms with Crippen LogP contribution in [-0.2, 0) is 6.61 Å². The summed E-state index contributed by atoms with van der Waals surface area (Å²) in [6, 6.07) is 7.41. The normalized spacial score (nSPS) is 12.2. The Morgan fingerprint density at radius 2 is 2.25 bits per heavy atom. The first-order valence-electron chi connectivity index (χ1n) is 6.56. The Morgan fingerprint density at radius 3 is 2.95 bits per heavy atom. The summed E-state index contributed by atoms with van der Waals surface area (Å²) >= 11 is 5.94. The molecular weight excluding hydrogens is 276 g/mol. The first kappa shape index (κ1) is 14.6. The summed E-state index contributed by atoms with van der Waals surface area (Å²) in [5.41, 5.74) is 1.19. The molecule has 0 fully saturated rings. The third-order valence-electron chi connectivity index (χ3n) is 3.21. The van der Waals surface area contributed by atoms with Gasteiger partial charge in [-0.1, -0.05) is 24.6 Å². The fourth-order valence-corrected chi connectivity index (χ4v) is 2.01. The smallest absolute Gasteiger partial charge is 0.155 e. The predicted octanol–water partition coefficient (Wildman–Crippen LogP) is 3.90. The van der Waals surface area contributed by atoms with Crippen LogP contribution in [-0.4, -0.2) is 16.1 Å². The van der Waals surface area contributed by atoms with Crippen molar-refractivity contribution in [1.29, 1.82) is 0 Å². The van der Waals surface area contributed by atoms with Gasteiger partial charge < -0.3 is 4.74 Å². The number of hydrogen-bond donors (Lipinski definition) is 0. The maximum Gasteiger partial charge on any atom is 0.155 e. The molecule has 0 N–H and O–H groups in total. The molecule has 5 heteroatoms. The Hall–Kier alpha value is -1.81. The molecule has 2 aromatic rings. The summed E-state index contributed by atoms with van der Waals surface area (Å²) in [7, 11) is 0. The van der Waals surface area contributed by atoms with Crippen LogP contribution in [0.5, 0.6) is 5.75 Å². The number of carbonyl (C=O) groups is 1. The second-order valence-electron chi connectivity index (χ2n) is 4.60. The zero-order valence-corrected chi connectivity index (χ0v) is 12.3. The van der Waals surface area contributed by atoms with Crippen LogP contribution in [0.3, 0.4) is 0 Å². The fourth-order valence-electron chi connectivity index (χ4n) is 1.80. The molecule has 0 spiro atoms. The maximum atomic E-state index is 11.0. The molecule has 20 heavy (non-hydrogen) atoms. The zero-order valence-electron chi connectivity index (χ0n) is 11.5. The van der Waals surface area contributed by atoms with Crippen LogP contribution < -0.4 is 4.74 Å². The van der Waals surface area contributed by atoms with Gasteiger partial charge in [0.25, 0.3) is 0 Å². The molecule has 1 aromatic carbocycles. The van der Waals surface area contributed by atoms with Crippen molar-refractivity contribution in [1.82, 2.24) is 9.78 Å². The summed E-state index contributed by atoms with van der Waals surface area (Å²) < 4.78 is 7.54. The zero-order chi connectivity index (χ0) is 14.5. The molecular formula is C15H17ClN2O2. The minimum absolute atomic E-state index is 0.310. The number of aldehydes is 1. The van der Waals surface area contributed by atoms with E-state index in [1.54, 1.807) is 18.2 Å². The van der Waals surface area contributed by atoms with Crippen molar-refractivity contribution in [2.75, 3.05) is 0 Å². The highest BCUT2D eigenvalue weighted by atomic mass is 35.5. The van der Waals surface area contributed by atoms with Crippen LogP contribution in [0.25, 0.3) is 0 Å². The summed E-state index contributed by atoms with van der Waals surface area (Å²) in [5.74, 6) is 0.477.